The Bertz CT molecular complexity index is 818. The van der Waals surface area contributed by atoms with Crippen molar-refractivity contribution in [1.82, 2.24) is 20.5 Å². The van der Waals surface area contributed by atoms with Crippen LogP contribution in [0.15, 0.2) is 41.3 Å². The number of H-pyrrole nitrogens is 1. The van der Waals surface area contributed by atoms with Crippen LogP contribution in [0.2, 0.25) is 0 Å². The molecular weight excluding hydrogens is 304 g/mol. The number of oxazole rings is 1. The molecule has 0 radical (unpaired) electrons. The maximum atomic E-state index is 12.3. The average Bonchev–Trinajstić information content (AvgIpc) is 3.21. The molecule has 0 aliphatic carbocycles. The fourth-order valence-corrected chi connectivity index (χ4v) is 2.51. The van der Waals surface area contributed by atoms with Gasteiger partial charge in [-0.15, -0.1) is 0 Å². The summed E-state index contributed by atoms with van der Waals surface area (Å²) >= 11 is 0. The molecule has 1 aromatic carbocycles. The van der Waals surface area contributed by atoms with E-state index in [1.165, 1.54) is 12.0 Å². The molecule has 0 atom stereocenters. The third-order valence-electron chi connectivity index (χ3n) is 3.94. The van der Waals surface area contributed by atoms with E-state index in [9.17, 15) is 4.79 Å². The molecular formula is C18H20N4O2. The Kier molecular flexibility index (Phi) is 4.74. The molecule has 124 valence electrons. The van der Waals surface area contributed by atoms with Gasteiger partial charge in [-0.05, 0) is 32.3 Å². The Labute approximate surface area is 140 Å². The predicted octanol–water partition coefficient (Wildman–Crippen LogP) is 3.04. The number of aromatic nitrogens is 3. The van der Waals surface area contributed by atoms with Gasteiger partial charge in [-0.3, -0.25) is 9.89 Å². The van der Waals surface area contributed by atoms with Crippen LogP contribution in [0.3, 0.4) is 0 Å². The minimum absolute atomic E-state index is 0.219. The molecule has 0 aliphatic heterocycles. The van der Waals surface area contributed by atoms with Crippen LogP contribution in [-0.4, -0.2) is 27.6 Å². The largest absolute Gasteiger partial charge is 0.443 e. The summed E-state index contributed by atoms with van der Waals surface area (Å²) in [7, 11) is 0. The highest BCUT2D eigenvalue weighted by Crippen LogP contribution is 2.23. The van der Waals surface area contributed by atoms with Crippen LogP contribution in [0.5, 0.6) is 0 Å². The molecule has 0 aliphatic rings. The molecule has 0 bridgehead atoms. The molecule has 3 rings (SSSR count). The number of rotatable bonds is 6. The normalized spacial score (nSPS) is 10.8. The first-order chi connectivity index (χ1) is 11.6. The van der Waals surface area contributed by atoms with E-state index in [-0.39, 0.29) is 5.91 Å². The van der Waals surface area contributed by atoms with Gasteiger partial charge in [0.2, 0.25) is 0 Å². The standard InChI is InChI=1S/C18H20N4O2/c1-12-5-7-14(8-6-12)17-16(20-11-24-17)18(23)19-9-3-4-15-10-21-22-13(15)2/h5-8,10-11H,3-4,9H2,1-2H3,(H,19,23)(H,21,22). The maximum absolute atomic E-state index is 12.3. The first-order valence-electron chi connectivity index (χ1n) is 7.92. The number of amides is 1. The lowest BCUT2D eigenvalue weighted by Gasteiger charge is -2.05. The Morgan fingerprint density at radius 1 is 1.25 bits per heavy atom. The lowest BCUT2D eigenvalue weighted by atomic mass is 10.1. The number of nitrogens with zero attached hydrogens (tertiary/aromatic N) is 2. The summed E-state index contributed by atoms with van der Waals surface area (Å²) in [5.74, 6) is 0.279. The molecule has 6 nitrogen and oxygen atoms in total. The maximum Gasteiger partial charge on any atom is 0.273 e. The van der Waals surface area contributed by atoms with E-state index < -0.39 is 0 Å². The zero-order valence-corrected chi connectivity index (χ0v) is 13.8. The Hall–Kier alpha value is -2.89. The lowest BCUT2D eigenvalue weighted by molar-refractivity contribution is 0.0949. The second-order valence-electron chi connectivity index (χ2n) is 5.78. The van der Waals surface area contributed by atoms with E-state index in [0.717, 1.165) is 29.7 Å². The first kappa shape index (κ1) is 16.0. The number of nitrogens with one attached hydrogen (secondary N) is 2. The highest BCUT2D eigenvalue weighted by atomic mass is 16.3. The van der Waals surface area contributed by atoms with Crippen LogP contribution >= 0.6 is 0 Å². The van der Waals surface area contributed by atoms with Gasteiger partial charge in [0.15, 0.2) is 17.8 Å². The van der Waals surface area contributed by atoms with E-state index in [4.69, 9.17) is 4.42 Å². The van der Waals surface area contributed by atoms with Crippen molar-refractivity contribution >= 4 is 5.91 Å². The van der Waals surface area contributed by atoms with Crippen LogP contribution in [0.25, 0.3) is 11.3 Å². The fraction of sp³-hybridized carbons (Fsp3) is 0.278. The van der Waals surface area contributed by atoms with Crippen molar-refractivity contribution in [1.29, 1.82) is 0 Å². The van der Waals surface area contributed by atoms with E-state index in [2.05, 4.69) is 20.5 Å². The van der Waals surface area contributed by atoms with Crippen molar-refractivity contribution in [2.24, 2.45) is 0 Å². The minimum Gasteiger partial charge on any atom is -0.443 e. The van der Waals surface area contributed by atoms with Crippen molar-refractivity contribution < 1.29 is 9.21 Å². The Morgan fingerprint density at radius 3 is 2.75 bits per heavy atom. The number of hydrogen-bond acceptors (Lipinski definition) is 4. The minimum atomic E-state index is -0.219. The van der Waals surface area contributed by atoms with E-state index in [0.29, 0.717) is 18.0 Å². The van der Waals surface area contributed by atoms with E-state index in [1.54, 1.807) is 0 Å². The smallest absolute Gasteiger partial charge is 0.273 e. The molecule has 2 N–H and O–H groups in total. The summed E-state index contributed by atoms with van der Waals surface area (Å²) in [6, 6.07) is 7.81. The zero-order valence-electron chi connectivity index (χ0n) is 13.8. The summed E-state index contributed by atoms with van der Waals surface area (Å²) in [5.41, 5.74) is 4.56. The number of carbonyl (C=O) groups is 1. The van der Waals surface area contributed by atoms with Gasteiger partial charge in [0.05, 0.1) is 6.20 Å². The molecule has 0 fully saturated rings. The van der Waals surface area contributed by atoms with Crippen molar-refractivity contribution in [3.8, 4) is 11.3 Å². The van der Waals surface area contributed by atoms with E-state index >= 15 is 0 Å². The molecule has 2 heterocycles. The SMILES string of the molecule is Cc1ccc(-c2ocnc2C(=O)NCCCc2cn[nH]c2C)cc1. The topological polar surface area (TPSA) is 83.8 Å². The van der Waals surface area contributed by atoms with E-state index in [1.807, 2.05) is 44.3 Å². The van der Waals surface area contributed by atoms with Crippen LogP contribution < -0.4 is 5.32 Å². The van der Waals surface area contributed by atoms with Crippen LogP contribution in [0.4, 0.5) is 0 Å². The van der Waals surface area contributed by atoms with Crippen molar-refractivity contribution in [3.05, 3.63) is 59.4 Å². The average molecular weight is 324 g/mol. The van der Waals surface area contributed by atoms with Gasteiger partial charge >= 0.3 is 0 Å². The van der Waals surface area contributed by atoms with Crippen molar-refractivity contribution in [2.45, 2.75) is 26.7 Å². The molecule has 0 saturated heterocycles. The number of aromatic amines is 1. The summed E-state index contributed by atoms with van der Waals surface area (Å²) in [6.07, 6.45) is 4.83. The first-order valence-corrected chi connectivity index (χ1v) is 7.92. The second-order valence-corrected chi connectivity index (χ2v) is 5.78. The second kappa shape index (κ2) is 7.12. The van der Waals surface area contributed by atoms with Gasteiger partial charge in [0.25, 0.3) is 5.91 Å². The molecule has 1 amide bonds. The monoisotopic (exact) mass is 324 g/mol. The summed E-state index contributed by atoms with van der Waals surface area (Å²) in [4.78, 5) is 16.4. The number of aryl methyl sites for hydroxylation is 3. The van der Waals surface area contributed by atoms with Crippen LogP contribution in [0.1, 0.15) is 33.7 Å². The number of hydrogen-bond donors (Lipinski definition) is 2. The summed E-state index contributed by atoms with van der Waals surface area (Å²) < 4.78 is 5.41. The third kappa shape index (κ3) is 3.53. The summed E-state index contributed by atoms with van der Waals surface area (Å²) in [5, 5.41) is 9.80. The van der Waals surface area contributed by atoms with Gasteiger partial charge in [0.1, 0.15) is 0 Å². The van der Waals surface area contributed by atoms with Gasteiger partial charge in [-0.25, -0.2) is 4.98 Å². The highest BCUT2D eigenvalue weighted by molar-refractivity contribution is 5.97. The Morgan fingerprint density at radius 2 is 2.04 bits per heavy atom. The molecule has 0 saturated carbocycles. The Balaban J connectivity index is 1.59. The van der Waals surface area contributed by atoms with Crippen LogP contribution in [0, 0.1) is 13.8 Å². The highest BCUT2D eigenvalue weighted by Gasteiger charge is 2.17. The molecule has 6 heteroatoms. The van der Waals surface area contributed by atoms with Gasteiger partial charge in [-0.1, -0.05) is 29.8 Å². The lowest BCUT2D eigenvalue weighted by Crippen LogP contribution is -2.25. The van der Waals surface area contributed by atoms with Gasteiger partial charge < -0.3 is 9.73 Å². The predicted molar refractivity (Wildman–Crippen MR) is 90.7 cm³/mol. The third-order valence-corrected chi connectivity index (χ3v) is 3.94. The van der Waals surface area contributed by atoms with Gasteiger partial charge in [-0.2, -0.15) is 5.10 Å². The molecule has 0 unspecified atom stereocenters. The zero-order chi connectivity index (χ0) is 16.9. The molecule has 0 spiro atoms. The van der Waals surface area contributed by atoms with Crippen molar-refractivity contribution in [2.75, 3.05) is 6.54 Å². The molecule has 24 heavy (non-hydrogen) atoms. The van der Waals surface area contributed by atoms with Gasteiger partial charge in [0, 0.05) is 17.8 Å². The van der Waals surface area contributed by atoms with Crippen LogP contribution in [-0.2, 0) is 6.42 Å². The van der Waals surface area contributed by atoms with Crippen molar-refractivity contribution in [3.63, 3.8) is 0 Å². The quantitative estimate of drug-likeness (QED) is 0.683. The molecule has 3 aromatic rings. The number of carbonyl (C=O) groups excluding carboxylic acids is 1. The summed E-state index contributed by atoms with van der Waals surface area (Å²) in [6.45, 7) is 4.58. The molecule has 2 aromatic heterocycles. The number of benzene rings is 1. The fourth-order valence-electron chi connectivity index (χ4n) is 2.51.